The summed E-state index contributed by atoms with van der Waals surface area (Å²) in [5, 5.41) is 10.4. The first-order chi connectivity index (χ1) is 12.1. The minimum Gasteiger partial charge on any atom is -0.350 e. The molecular weight excluding hydrogens is 314 g/mol. The number of likely N-dealkylation sites (tertiary alicyclic amines) is 1. The fourth-order valence-electron chi connectivity index (χ4n) is 3.66. The maximum absolute atomic E-state index is 11.9. The van der Waals surface area contributed by atoms with Crippen molar-refractivity contribution in [1.82, 2.24) is 25.2 Å². The molecule has 1 fully saturated rings. The highest BCUT2D eigenvalue weighted by Gasteiger charge is 2.21. The van der Waals surface area contributed by atoms with Gasteiger partial charge in [0.1, 0.15) is 6.54 Å². The Kier molecular flexibility index (Phi) is 5.81. The molecule has 0 bridgehead atoms. The Hall–Kier alpha value is -2.21. The van der Waals surface area contributed by atoms with Crippen molar-refractivity contribution in [3.63, 3.8) is 0 Å². The summed E-state index contributed by atoms with van der Waals surface area (Å²) in [4.78, 5) is 14.4. The SMILES string of the molecule is C[C@H]1C[C@H](C)CN(Cc2ccc(CNC(=O)Cn3ccnn3)cc2)C1. The molecule has 2 aromatic rings. The predicted molar refractivity (Wildman–Crippen MR) is 96.5 cm³/mol. The van der Waals surface area contributed by atoms with E-state index < -0.39 is 0 Å². The fourth-order valence-corrected chi connectivity index (χ4v) is 3.66. The van der Waals surface area contributed by atoms with Gasteiger partial charge in [0, 0.05) is 32.4 Å². The van der Waals surface area contributed by atoms with Crippen molar-refractivity contribution in [2.24, 2.45) is 11.8 Å². The van der Waals surface area contributed by atoms with E-state index in [1.807, 2.05) is 0 Å². The van der Waals surface area contributed by atoms with E-state index in [-0.39, 0.29) is 12.5 Å². The highest BCUT2D eigenvalue weighted by Crippen LogP contribution is 2.22. The standard InChI is InChI=1S/C19H27N5O/c1-15-9-16(2)12-23(11-15)13-18-5-3-17(4-6-18)10-20-19(25)14-24-8-7-21-22-24/h3-8,15-16H,9-14H2,1-2H3,(H,20,25)/t15-,16-/m0/s1. The predicted octanol–water partition coefficient (Wildman–Crippen LogP) is 2.07. The first-order valence-electron chi connectivity index (χ1n) is 8.99. The number of carbonyl (C=O) groups is 1. The molecule has 1 aromatic carbocycles. The minimum atomic E-state index is -0.0640. The van der Waals surface area contributed by atoms with E-state index in [1.165, 1.54) is 29.8 Å². The number of amides is 1. The summed E-state index contributed by atoms with van der Waals surface area (Å²) >= 11 is 0. The summed E-state index contributed by atoms with van der Waals surface area (Å²) in [7, 11) is 0. The molecule has 3 rings (SSSR count). The molecule has 0 spiro atoms. The van der Waals surface area contributed by atoms with Crippen molar-refractivity contribution < 1.29 is 4.79 Å². The number of hydrogen-bond donors (Lipinski definition) is 1. The van der Waals surface area contributed by atoms with E-state index in [9.17, 15) is 4.79 Å². The number of carbonyl (C=O) groups excluding carboxylic acids is 1. The van der Waals surface area contributed by atoms with Crippen LogP contribution >= 0.6 is 0 Å². The molecule has 0 aliphatic carbocycles. The Labute approximate surface area is 149 Å². The Bertz CT molecular complexity index is 658. The third-order valence-corrected chi connectivity index (χ3v) is 4.64. The molecule has 6 heteroatoms. The van der Waals surface area contributed by atoms with E-state index in [2.05, 4.69) is 58.6 Å². The molecule has 1 aliphatic heterocycles. The average molecular weight is 341 g/mol. The van der Waals surface area contributed by atoms with Crippen LogP contribution in [0.2, 0.25) is 0 Å². The number of hydrogen-bond acceptors (Lipinski definition) is 4. The molecule has 1 saturated heterocycles. The van der Waals surface area contributed by atoms with Gasteiger partial charge in [0.2, 0.25) is 5.91 Å². The van der Waals surface area contributed by atoms with Gasteiger partial charge in [-0.15, -0.1) is 5.10 Å². The molecule has 1 N–H and O–H groups in total. The van der Waals surface area contributed by atoms with Crippen LogP contribution in [0.5, 0.6) is 0 Å². The number of rotatable bonds is 6. The smallest absolute Gasteiger partial charge is 0.242 e. The zero-order chi connectivity index (χ0) is 17.6. The minimum absolute atomic E-state index is 0.0640. The first kappa shape index (κ1) is 17.6. The van der Waals surface area contributed by atoms with Crippen molar-refractivity contribution in [3.8, 4) is 0 Å². The van der Waals surface area contributed by atoms with Crippen LogP contribution in [0.15, 0.2) is 36.7 Å². The lowest BCUT2D eigenvalue weighted by Crippen LogP contribution is -2.38. The molecule has 134 valence electrons. The lowest BCUT2D eigenvalue weighted by atomic mass is 9.91. The van der Waals surface area contributed by atoms with Crippen LogP contribution < -0.4 is 5.32 Å². The van der Waals surface area contributed by atoms with Crippen molar-refractivity contribution >= 4 is 5.91 Å². The van der Waals surface area contributed by atoms with Gasteiger partial charge in [0.05, 0.1) is 6.20 Å². The molecule has 1 aromatic heterocycles. The number of piperidine rings is 1. The van der Waals surface area contributed by atoms with Crippen molar-refractivity contribution in [2.75, 3.05) is 13.1 Å². The Morgan fingerprint density at radius 3 is 2.48 bits per heavy atom. The quantitative estimate of drug-likeness (QED) is 0.874. The molecule has 0 unspecified atom stereocenters. The van der Waals surface area contributed by atoms with Crippen LogP contribution in [-0.4, -0.2) is 38.9 Å². The second-order valence-electron chi connectivity index (χ2n) is 7.33. The molecule has 1 aliphatic rings. The topological polar surface area (TPSA) is 63.1 Å². The molecule has 1 amide bonds. The van der Waals surface area contributed by atoms with Crippen LogP contribution in [-0.2, 0) is 24.4 Å². The molecule has 2 atom stereocenters. The van der Waals surface area contributed by atoms with E-state index >= 15 is 0 Å². The summed E-state index contributed by atoms with van der Waals surface area (Å²) in [6, 6.07) is 8.54. The highest BCUT2D eigenvalue weighted by molar-refractivity contribution is 5.75. The van der Waals surface area contributed by atoms with E-state index in [1.54, 1.807) is 12.4 Å². The summed E-state index contributed by atoms with van der Waals surface area (Å²) in [6.45, 7) is 8.79. The van der Waals surface area contributed by atoms with Gasteiger partial charge in [-0.1, -0.05) is 43.3 Å². The van der Waals surface area contributed by atoms with Gasteiger partial charge in [0.25, 0.3) is 0 Å². The van der Waals surface area contributed by atoms with Crippen LogP contribution in [0.3, 0.4) is 0 Å². The second-order valence-corrected chi connectivity index (χ2v) is 7.33. The maximum atomic E-state index is 11.9. The molecule has 2 heterocycles. The number of nitrogens with zero attached hydrogens (tertiary/aromatic N) is 4. The van der Waals surface area contributed by atoms with Gasteiger partial charge in [-0.2, -0.15) is 0 Å². The lowest BCUT2D eigenvalue weighted by Gasteiger charge is -2.35. The third kappa shape index (κ3) is 5.39. The number of aromatic nitrogens is 3. The van der Waals surface area contributed by atoms with Crippen molar-refractivity contribution in [2.45, 2.75) is 39.9 Å². The maximum Gasteiger partial charge on any atom is 0.242 e. The molecule has 0 radical (unpaired) electrons. The van der Waals surface area contributed by atoms with Gasteiger partial charge in [-0.05, 0) is 29.4 Å². The highest BCUT2D eigenvalue weighted by atomic mass is 16.2. The van der Waals surface area contributed by atoms with Gasteiger partial charge in [0.15, 0.2) is 0 Å². The van der Waals surface area contributed by atoms with Crippen LogP contribution in [0.1, 0.15) is 31.4 Å². The summed E-state index contributed by atoms with van der Waals surface area (Å²) in [5.41, 5.74) is 2.44. The molecule has 0 saturated carbocycles. The van der Waals surface area contributed by atoms with Crippen LogP contribution in [0.4, 0.5) is 0 Å². The van der Waals surface area contributed by atoms with E-state index in [4.69, 9.17) is 0 Å². The summed E-state index contributed by atoms with van der Waals surface area (Å²) in [6.07, 6.45) is 4.58. The van der Waals surface area contributed by atoms with Crippen LogP contribution in [0.25, 0.3) is 0 Å². The monoisotopic (exact) mass is 341 g/mol. The van der Waals surface area contributed by atoms with E-state index in [0.29, 0.717) is 6.54 Å². The zero-order valence-corrected chi connectivity index (χ0v) is 15.1. The van der Waals surface area contributed by atoms with Gasteiger partial charge < -0.3 is 5.32 Å². The molecule has 6 nitrogen and oxygen atoms in total. The van der Waals surface area contributed by atoms with E-state index in [0.717, 1.165) is 23.9 Å². The van der Waals surface area contributed by atoms with Gasteiger partial charge >= 0.3 is 0 Å². The largest absolute Gasteiger partial charge is 0.350 e. The third-order valence-electron chi connectivity index (χ3n) is 4.64. The lowest BCUT2D eigenvalue weighted by molar-refractivity contribution is -0.122. The van der Waals surface area contributed by atoms with Crippen LogP contribution in [0, 0.1) is 11.8 Å². The summed E-state index contributed by atoms with van der Waals surface area (Å²) in [5.74, 6) is 1.50. The Balaban J connectivity index is 1.46. The van der Waals surface area contributed by atoms with Gasteiger partial charge in [-0.3, -0.25) is 9.69 Å². The second kappa shape index (κ2) is 8.25. The molecule has 25 heavy (non-hydrogen) atoms. The Morgan fingerprint density at radius 2 is 1.84 bits per heavy atom. The normalized spacial score (nSPS) is 21.2. The average Bonchev–Trinajstić information content (AvgIpc) is 3.06. The Morgan fingerprint density at radius 1 is 1.16 bits per heavy atom. The summed E-state index contributed by atoms with van der Waals surface area (Å²) < 4.78 is 1.51. The van der Waals surface area contributed by atoms with Gasteiger partial charge in [-0.25, -0.2) is 4.68 Å². The first-order valence-corrected chi connectivity index (χ1v) is 8.99. The number of nitrogens with one attached hydrogen (secondary N) is 1. The fraction of sp³-hybridized carbons (Fsp3) is 0.526. The number of benzene rings is 1. The van der Waals surface area contributed by atoms with Crippen molar-refractivity contribution in [3.05, 3.63) is 47.8 Å². The molecular formula is C19H27N5O. The zero-order valence-electron chi connectivity index (χ0n) is 15.1. The van der Waals surface area contributed by atoms with Crippen molar-refractivity contribution in [1.29, 1.82) is 0 Å².